The molecular weight excluding hydrogens is 439 g/mol. The molecule has 1 aliphatic heterocycles. The zero-order chi connectivity index (χ0) is 24.0. The Kier molecular flexibility index (Phi) is 7.53. The van der Waals surface area contributed by atoms with E-state index in [0.717, 1.165) is 54.9 Å². The van der Waals surface area contributed by atoms with Crippen LogP contribution in [-0.2, 0) is 6.54 Å². The van der Waals surface area contributed by atoms with Crippen LogP contribution in [0.3, 0.4) is 0 Å². The number of halogens is 3. The van der Waals surface area contributed by atoms with Crippen molar-refractivity contribution in [2.45, 2.75) is 31.6 Å². The van der Waals surface area contributed by atoms with Gasteiger partial charge in [-0.2, -0.15) is 13.2 Å². The summed E-state index contributed by atoms with van der Waals surface area (Å²) in [5.74, 6) is 0.223. The van der Waals surface area contributed by atoms with Crippen LogP contribution < -0.4 is 10.5 Å². The first-order valence-corrected chi connectivity index (χ1v) is 11.3. The summed E-state index contributed by atoms with van der Waals surface area (Å²) < 4.78 is 41.7. The zero-order valence-electron chi connectivity index (χ0n) is 18.8. The molecule has 1 heterocycles. The highest BCUT2D eigenvalue weighted by atomic mass is 19.4. The van der Waals surface area contributed by atoms with Crippen molar-refractivity contribution < 1.29 is 17.9 Å². The number of hydrogen-bond donors (Lipinski definition) is 1. The van der Waals surface area contributed by atoms with Crippen LogP contribution in [0.15, 0.2) is 83.9 Å². The van der Waals surface area contributed by atoms with Gasteiger partial charge in [0.15, 0.2) is 6.61 Å². The third-order valence-corrected chi connectivity index (χ3v) is 5.88. The van der Waals surface area contributed by atoms with Gasteiger partial charge in [-0.1, -0.05) is 60.7 Å². The van der Waals surface area contributed by atoms with Gasteiger partial charge < -0.3 is 10.5 Å². The van der Waals surface area contributed by atoms with Crippen molar-refractivity contribution in [3.63, 3.8) is 0 Å². The molecule has 3 aromatic rings. The van der Waals surface area contributed by atoms with E-state index in [1.807, 2.05) is 54.6 Å². The summed E-state index contributed by atoms with van der Waals surface area (Å²) in [6.07, 6.45) is -2.61. The lowest BCUT2D eigenvalue weighted by Crippen LogP contribution is -2.33. The van der Waals surface area contributed by atoms with Gasteiger partial charge in [0.1, 0.15) is 11.8 Å². The number of nitrogen functional groups attached to an aromatic ring is 1. The van der Waals surface area contributed by atoms with Crippen molar-refractivity contribution in [2.24, 2.45) is 4.99 Å². The maximum Gasteiger partial charge on any atom is 0.422 e. The Morgan fingerprint density at radius 1 is 0.882 bits per heavy atom. The highest BCUT2D eigenvalue weighted by Crippen LogP contribution is 2.31. The normalized spacial score (nSPS) is 15.7. The van der Waals surface area contributed by atoms with Gasteiger partial charge in [-0.3, -0.25) is 9.89 Å². The van der Waals surface area contributed by atoms with Gasteiger partial charge in [-0.25, -0.2) is 0 Å². The van der Waals surface area contributed by atoms with Gasteiger partial charge in [0, 0.05) is 36.6 Å². The van der Waals surface area contributed by atoms with Crippen LogP contribution in [0.4, 0.5) is 18.9 Å². The summed E-state index contributed by atoms with van der Waals surface area (Å²) >= 11 is 0. The van der Waals surface area contributed by atoms with Crippen molar-refractivity contribution in [1.82, 2.24) is 4.90 Å². The molecule has 0 bridgehead atoms. The molecule has 1 unspecified atom stereocenters. The molecule has 34 heavy (non-hydrogen) atoms. The lowest BCUT2D eigenvalue weighted by atomic mass is 9.97. The fourth-order valence-corrected chi connectivity index (χ4v) is 4.11. The Balaban J connectivity index is 1.38. The summed E-state index contributed by atoms with van der Waals surface area (Å²) in [5.41, 5.74) is 11.4. The molecule has 1 atom stereocenters. The summed E-state index contributed by atoms with van der Waals surface area (Å²) in [6.45, 7) is 1.20. The van der Waals surface area contributed by atoms with Gasteiger partial charge >= 0.3 is 6.18 Å². The van der Waals surface area contributed by atoms with Crippen LogP contribution in [0.2, 0.25) is 0 Å². The standard InChI is InChI=1S/C27H28F3N3O/c28-27(29,30)19-34-23-12-10-20(11-13-23)18-33-16-14-22(15-17-33)32-26(21-6-2-1-3-7-21)24-8-4-5-9-25(24)31/h1-13,26H,14-19,31H2. The number of piperidine rings is 1. The Bertz CT molecular complexity index is 1090. The monoisotopic (exact) mass is 467 g/mol. The van der Waals surface area contributed by atoms with Crippen LogP contribution in [0.1, 0.15) is 35.6 Å². The number of hydrogen-bond acceptors (Lipinski definition) is 4. The zero-order valence-corrected chi connectivity index (χ0v) is 18.8. The highest BCUT2D eigenvalue weighted by molar-refractivity contribution is 5.86. The SMILES string of the molecule is Nc1ccccc1C(N=C1CCN(Cc2ccc(OCC(F)(F)F)cc2)CC1)c1ccccc1. The molecule has 4 nitrogen and oxygen atoms in total. The average molecular weight is 468 g/mol. The van der Waals surface area contributed by atoms with E-state index in [1.54, 1.807) is 12.1 Å². The lowest BCUT2D eigenvalue weighted by Gasteiger charge is -2.29. The largest absolute Gasteiger partial charge is 0.484 e. The minimum Gasteiger partial charge on any atom is -0.484 e. The predicted molar refractivity (Wildman–Crippen MR) is 129 cm³/mol. The maximum atomic E-state index is 12.3. The first kappa shape index (κ1) is 23.8. The Labute approximate surface area is 197 Å². The van der Waals surface area contributed by atoms with Crippen LogP contribution in [0.25, 0.3) is 0 Å². The summed E-state index contributed by atoms with van der Waals surface area (Å²) in [6, 6.07) is 24.7. The smallest absolute Gasteiger partial charge is 0.422 e. The summed E-state index contributed by atoms with van der Waals surface area (Å²) in [4.78, 5) is 7.46. The number of benzene rings is 3. The first-order valence-electron chi connectivity index (χ1n) is 11.3. The molecule has 1 aliphatic rings. The van der Waals surface area contributed by atoms with Crippen molar-refractivity contribution in [3.8, 4) is 5.75 Å². The van der Waals surface area contributed by atoms with E-state index >= 15 is 0 Å². The van der Waals surface area contributed by atoms with Crippen LogP contribution in [0, 0.1) is 0 Å². The molecule has 0 aliphatic carbocycles. The van der Waals surface area contributed by atoms with Gasteiger partial charge in [0.25, 0.3) is 0 Å². The van der Waals surface area contributed by atoms with Crippen LogP contribution in [-0.4, -0.2) is 36.5 Å². The lowest BCUT2D eigenvalue weighted by molar-refractivity contribution is -0.153. The second-order valence-electron chi connectivity index (χ2n) is 8.46. The van der Waals surface area contributed by atoms with E-state index in [0.29, 0.717) is 0 Å². The fraction of sp³-hybridized carbons (Fsp3) is 0.296. The van der Waals surface area contributed by atoms with Gasteiger partial charge in [0.2, 0.25) is 0 Å². The number of alkyl halides is 3. The Morgan fingerprint density at radius 2 is 1.53 bits per heavy atom. The van der Waals surface area contributed by atoms with Gasteiger partial charge in [-0.15, -0.1) is 0 Å². The van der Waals surface area contributed by atoms with E-state index in [1.165, 1.54) is 5.71 Å². The summed E-state index contributed by atoms with van der Waals surface area (Å²) in [7, 11) is 0. The number of aliphatic imine (C=N–C) groups is 1. The molecule has 2 N–H and O–H groups in total. The number of anilines is 1. The second-order valence-corrected chi connectivity index (χ2v) is 8.46. The van der Waals surface area contributed by atoms with E-state index in [4.69, 9.17) is 15.5 Å². The van der Waals surface area contributed by atoms with E-state index in [2.05, 4.69) is 17.0 Å². The van der Waals surface area contributed by atoms with Crippen molar-refractivity contribution in [3.05, 3.63) is 95.6 Å². The first-order chi connectivity index (χ1) is 16.4. The van der Waals surface area contributed by atoms with Gasteiger partial charge in [-0.05, 0) is 42.2 Å². The third kappa shape index (κ3) is 6.60. The topological polar surface area (TPSA) is 50.8 Å². The quantitative estimate of drug-likeness (QED) is 0.431. The van der Waals surface area contributed by atoms with E-state index in [-0.39, 0.29) is 11.8 Å². The molecular formula is C27H28F3N3O. The molecule has 0 spiro atoms. The van der Waals surface area contributed by atoms with E-state index < -0.39 is 12.8 Å². The second kappa shape index (κ2) is 10.7. The minimum absolute atomic E-state index is 0.131. The third-order valence-electron chi connectivity index (χ3n) is 5.88. The molecule has 0 amide bonds. The molecule has 0 saturated carbocycles. The van der Waals surface area contributed by atoms with Crippen LogP contribution >= 0.6 is 0 Å². The summed E-state index contributed by atoms with van der Waals surface area (Å²) in [5, 5.41) is 0. The molecule has 0 aromatic heterocycles. The number of para-hydroxylation sites is 1. The molecule has 1 fully saturated rings. The molecule has 0 radical (unpaired) electrons. The van der Waals surface area contributed by atoms with Gasteiger partial charge in [0.05, 0.1) is 0 Å². The fourth-order valence-electron chi connectivity index (χ4n) is 4.11. The molecule has 3 aromatic carbocycles. The number of likely N-dealkylation sites (tertiary alicyclic amines) is 1. The van der Waals surface area contributed by atoms with Crippen molar-refractivity contribution in [1.29, 1.82) is 0 Å². The number of nitrogens with two attached hydrogens (primary N) is 1. The van der Waals surface area contributed by atoms with Crippen molar-refractivity contribution in [2.75, 3.05) is 25.4 Å². The highest BCUT2D eigenvalue weighted by Gasteiger charge is 2.28. The molecule has 7 heteroatoms. The minimum atomic E-state index is -4.34. The van der Waals surface area contributed by atoms with Crippen LogP contribution in [0.5, 0.6) is 5.75 Å². The maximum absolute atomic E-state index is 12.3. The Morgan fingerprint density at radius 3 is 2.18 bits per heavy atom. The number of nitrogens with zero attached hydrogens (tertiary/aromatic N) is 2. The van der Waals surface area contributed by atoms with Crippen molar-refractivity contribution >= 4 is 11.4 Å². The average Bonchev–Trinajstić information content (AvgIpc) is 2.84. The molecule has 4 rings (SSSR count). The molecule has 1 saturated heterocycles. The Hall–Kier alpha value is -3.32. The number of rotatable bonds is 7. The molecule has 178 valence electrons. The van der Waals surface area contributed by atoms with E-state index in [9.17, 15) is 13.2 Å². The number of ether oxygens (including phenoxy) is 1. The predicted octanol–water partition coefficient (Wildman–Crippen LogP) is 6.04.